The Morgan fingerprint density at radius 2 is 1.81 bits per heavy atom. The Hall–Kier alpha value is -1.77. The Morgan fingerprint density at radius 1 is 1.19 bits per heavy atom. The molecule has 0 spiro atoms. The molecule has 1 heterocycles. The fourth-order valence-electron chi connectivity index (χ4n) is 2.87. The van der Waals surface area contributed by atoms with Crippen LogP contribution in [-0.2, 0) is 4.79 Å². The van der Waals surface area contributed by atoms with E-state index in [1.165, 1.54) is 12.1 Å². The van der Waals surface area contributed by atoms with Crippen molar-refractivity contribution in [1.29, 1.82) is 0 Å². The first-order valence-electron chi connectivity index (χ1n) is 8.92. The number of nitrogens with zero attached hydrogens (tertiary/aromatic N) is 2. The van der Waals surface area contributed by atoms with Crippen LogP contribution in [0.2, 0.25) is 0 Å². The largest absolute Gasteiger partial charge is 0.435 e. The van der Waals surface area contributed by atoms with Crippen molar-refractivity contribution in [2.75, 3.05) is 45.8 Å². The monoisotopic (exact) mass is 371 g/mol. The van der Waals surface area contributed by atoms with E-state index in [9.17, 15) is 18.7 Å². The topological polar surface area (TPSA) is 65.0 Å². The lowest BCUT2D eigenvalue weighted by molar-refractivity contribution is -0.122. The number of ether oxygens (including phenoxy) is 1. The summed E-state index contributed by atoms with van der Waals surface area (Å²) in [5.41, 5.74) is 0.660. The van der Waals surface area contributed by atoms with Gasteiger partial charge in [-0.2, -0.15) is 8.78 Å². The van der Waals surface area contributed by atoms with Crippen LogP contribution in [0.15, 0.2) is 24.3 Å². The molecule has 0 aromatic heterocycles. The van der Waals surface area contributed by atoms with Crippen molar-refractivity contribution in [2.24, 2.45) is 0 Å². The minimum atomic E-state index is -2.86. The molecule has 8 heteroatoms. The zero-order valence-electron chi connectivity index (χ0n) is 15.0. The van der Waals surface area contributed by atoms with E-state index in [4.69, 9.17) is 0 Å². The van der Waals surface area contributed by atoms with Crippen molar-refractivity contribution >= 4 is 5.91 Å². The quantitative estimate of drug-likeness (QED) is 0.688. The molecule has 146 valence electrons. The highest BCUT2D eigenvalue weighted by molar-refractivity contribution is 5.77. The first-order chi connectivity index (χ1) is 12.5. The molecule has 1 aliphatic rings. The van der Waals surface area contributed by atoms with Crippen LogP contribution in [0.1, 0.15) is 25.0 Å². The maximum absolute atomic E-state index is 12.2. The zero-order valence-corrected chi connectivity index (χ0v) is 15.0. The Bertz CT molecular complexity index is 549. The van der Waals surface area contributed by atoms with Crippen LogP contribution < -0.4 is 10.1 Å². The van der Waals surface area contributed by atoms with E-state index in [0.29, 0.717) is 25.2 Å². The molecule has 26 heavy (non-hydrogen) atoms. The molecule has 0 bridgehead atoms. The number of rotatable bonds is 9. The second-order valence-electron chi connectivity index (χ2n) is 6.39. The van der Waals surface area contributed by atoms with Gasteiger partial charge >= 0.3 is 6.61 Å². The predicted octanol–water partition coefficient (Wildman–Crippen LogP) is 1.47. The summed E-state index contributed by atoms with van der Waals surface area (Å²) in [4.78, 5) is 16.0. The number of halogens is 2. The normalized spacial score (nSPS) is 17.3. The van der Waals surface area contributed by atoms with Crippen LogP contribution in [0.4, 0.5) is 8.78 Å². The molecule has 1 atom stereocenters. The van der Waals surface area contributed by atoms with Crippen LogP contribution in [0.25, 0.3) is 0 Å². The van der Waals surface area contributed by atoms with Crippen molar-refractivity contribution in [2.45, 2.75) is 26.1 Å². The average molecular weight is 371 g/mol. The summed E-state index contributed by atoms with van der Waals surface area (Å²) in [6, 6.07) is 6.04. The van der Waals surface area contributed by atoms with Crippen molar-refractivity contribution in [1.82, 2.24) is 15.1 Å². The molecule has 0 saturated carbocycles. The lowest BCUT2D eigenvalue weighted by Gasteiger charge is -2.35. The number of aliphatic hydroxyl groups is 1. The number of alkyl halides is 2. The van der Waals surface area contributed by atoms with Gasteiger partial charge in [0.25, 0.3) is 0 Å². The number of hydrogen-bond donors (Lipinski definition) is 2. The SMILES string of the molecule is CCCNC(=O)CN1CCN(CC(O)c2ccc(OC(F)F)cc2)CC1. The fraction of sp³-hybridized carbons (Fsp3) is 0.611. The van der Waals surface area contributed by atoms with E-state index in [0.717, 1.165) is 32.6 Å². The van der Waals surface area contributed by atoms with Gasteiger partial charge in [-0.05, 0) is 24.1 Å². The predicted molar refractivity (Wildman–Crippen MR) is 94.2 cm³/mol. The van der Waals surface area contributed by atoms with Crippen molar-refractivity contribution in [3.8, 4) is 5.75 Å². The Kier molecular flexibility index (Phi) is 8.21. The van der Waals surface area contributed by atoms with Gasteiger partial charge in [0.1, 0.15) is 5.75 Å². The molecular weight excluding hydrogens is 344 g/mol. The molecule has 2 rings (SSSR count). The van der Waals surface area contributed by atoms with Gasteiger partial charge in [-0.3, -0.25) is 14.6 Å². The summed E-state index contributed by atoms with van der Waals surface area (Å²) in [6.45, 7) is 3.81. The molecule has 1 amide bonds. The van der Waals surface area contributed by atoms with Gasteiger partial charge in [0.05, 0.1) is 12.6 Å². The van der Waals surface area contributed by atoms with Crippen LogP contribution in [0.5, 0.6) is 5.75 Å². The number of hydrogen-bond acceptors (Lipinski definition) is 5. The van der Waals surface area contributed by atoms with Crippen molar-refractivity contribution < 1.29 is 23.4 Å². The number of nitrogens with one attached hydrogen (secondary N) is 1. The molecule has 1 aromatic carbocycles. The summed E-state index contributed by atoms with van der Waals surface area (Å²) in [6.07, 6.45) is 0.224. The first kappa shape index (κ1) is 20.5. The lowest BCUT2D eigenvalue weighted by atomic mass is 10.1. The second kappa shape index (κ2) is 10.4. The van der Waals surface area contributed by atoms with Crippen LogP contribution in [-0.4, -0.2) is 73.2 Å². The molecular formula is C18H27F2N3O3. The minimum Gasteiger partial charge on any atom is -0.435 e. The number of carbonyl (C=O) groups is 1. The van der Waals surface area contributed by atoms with E-state index in [-0.39, 0.29) is 11.7 Å². The lowest BCUT2D eigenvalue weighted by Crippen LogP contribution is -2.50. The van der Waals surface area contributed by atoms with Gasteiger partial charge < -0.3 is 15.2 Å². The molecule has 6 nitrogen and oxygen atoms in total. The smallest absolute Gasteiger partial charge is 0.387 e. The third kappa shape index (κ3) is 6.86. The maximum atomic E-state index is 12.2. The van der Waals surface area contributed by atoms with Gasteiger partial charge in [0, 0.05) is 39.3 Å². The van der Waals surface area contributed by atoms with Crippen LogP contribution in [0.3, 0.4) is 0 Å². The van der Waals surface area contributed by atoms with Crippen LogP contribution in [0, 0.1) is 0 Å². The fourth-order valence-corrected chi connectivity index (χ4v) is 2.87. The highest BCUT2D eigenvalue weighted by Crippen LogP contribution is 2.20. The summed E-state index contributed by atoms with van der Waals surface area (Å²) in [5, 5.41) is 13.2. The third-order valence-corrected chi connectivity index (χ3v) is 4.33. The second-order valence-corrected chi connectivity index (χ2v) is 6.39. The number of carbonyl (C=O) groups excluding carboxylic acids is 1. The van der Waals surface area contributed by atoms with E-state index in [1.807, 2.05) is 6.92 Å². The molecule has 1 aliphatic heterocycles. The molecule has 2 N–H and O–H groups in total. The summed E-state index contributed by atoms with van der Waals surface area (Å²) < 4.78 is 28.6. The molecule has 1 fully saturated rings. The Morgan fingerprint density at radius 3 is 2.38 bits per heavy atom. The summed E-state index contributed by atoms with van der Waals surface area (Å²) >= 11 is 0. The van der Waals surface area contributed by atoms with Gasteiger partial charge in [-0.15, -0.1) is 0 Å². The van der Waals surface area contributed by atoms with Crippen molar-refractivity contribution in [3.63, 3.8) is 0 Å². The zero-order chi connectivity index (χ0) is 18.9. The van der Waals surface area contributed by atoms with E-state index in [1.54, 1.807) is 12.1 Å². The molecule has 0 radical (unpaired) electrons. The summed E-state index contributed by atoms with van der Waals surface area (Å²) in [7, 11) is 0. The van der Waals surface area contributed by atoms with E-state index >= 15 is 0 Å². The molecule has 1 aromatic rings. The average Bonchev–Trinajstić information content (AvgIpc) is 2.61. The third-order valence-electron chi connectivity index (χ3n) is 4.33. The minimum absolute atomic E-state index is 0.0476. The van der Waals surface area contributed by atoms with Crippen molar-refractivity contribution in [3.05, 3.63) is 29.8 Å². The van der Waals surface area contributed by atoms with Crippen LogP contribution >= 0.6 is 0 Å². The maximum Gasteiger partial charge on any atom is 0.387 e. The van der Waals surface area contributed by atoms with Gasteiger partial charge in [0.15, 0.2) is 0 Å². The van der Waals surface area contributed by atoms with E-state index in [2.05, 4.69) is 19.9 Å². The Balaban J connectivity index is 1.73. The van der Waals surface area contributed by atoms with Gasteiger partial charge in [-0.25, -0.2) is 0 Å². The highest BCUT2D eigenvalue weighted by Gasteiger charge is 2.21. The number of amides is 1. The Labute approximate surface area is 152 Å². The van der Waals surface area contributed by atoms with Gasteiger partial charge in [-0.1, -0.05) is 19.1 Å². The standard InChI is InChI=1S/C18H27F2N3O3/c1-2-7-21-17(25)13-23-10-8-22(9-11-23)12-16(24)14-3-5-15(6-4-14)26-18(19)20/h3-6,16,18,24H,2,7-13H2,1H3,(H,21,25). The molecule has 1 saturated heterocycles. The number of aliphatic hydroxyl groups excluding tert-OH is 1. The van der Waals surface area contributed by atoms with E-state index < -0.39 is 12.7 Å². The molecule has 1 unspecified atom stereocenters. The van der Waals surface area contributed by atoms with Gasteiger partial charge in [0.2, 0.25) is 5.91 Å². The highest BCUT2D eigenvalue weighted by atomic mass is 19.3. The summed E-state index contributed by atoms with van der Waals surface area (Å²) in [5.74, 6) is 0.123. The number of piperazine rings is 1. The number of β-amino-alcohol motifs (C(OH)–C–C–N with tert-alkyl or cyclic N) is 1. The molecule has 0 aliphatic carbocycles. The number of benzene rings is 1. The first-order valence-corrected chi connectivity index (χ1v) is 8.92.